The molecule has 0 unspecified atom stereocenters. The SMILES string of the molecule is N#C[C@@H]1CC2(Cl)C3=CC1C=C2CCCCC3. The van der Waals surface area contributed by atoms with Crippen LogP contribution in [-0.4, -0.2) is 4.87 Å². The van der Waals surface area contributed by atoms with E-state index in [4.69, 9.17) is 16.9 Å². The largest absolute Gasteiger partial charge is 0.198 e. The molecule has 0 aliphatic heterocycles. The molecule has 0 saturated heterocycles. The summed E-state index contributed by atoms with van der Waals surface area (Å²) < 4.78 is 0. The first-order valence-corrected chi connectivity index (χ1v) is 6.63. The van der Waals surface area contributed by atoms with Gasteiger partial charge in [-0.1, -0.05) is 18.6 Å². The molecule has 2 heteroatoms. The Hall–Kier alpha value is -0.740. The molecular formula is C14H16ClN. The first-order chi connectivity index (χ1) is 7.74. The predicted octanol–water partition coefficient (Wildman–Crippen LogP) is 3.95. The summed E-state index contributed by atoms with van der Waals surface area (Å²) in [6.45, 7) is 0. The number of allylic oxidation sites excluding steroid dienone is 4. The molecule has 1 nitrogen and oxygen atoms in total. The Morgan fingerprint density at radius 2 is 1.81 bits per heavy atom. The number of nitrogens with zero attached hydrogens (tertiary/aromatic N) is 1. The van der Waals surface area contributed by atoms with Crippen LogP contribution in [0.4, 0.5) is 0 Å². The number of nitriles is 1. The van der Waals surface area contributed by atoms with E-state index in [0.717, 1.165) is 19.3 Å². The van der Waals surface area contributed by atoms with Gasteiger partial charge in [0.1, 0.15) is 0 Å². The monoisotopic (exact) mass is 233 g/mol. The molecule has 4 bridgehead atoms. The lowest BCUT2D eigenvalue weighted by atomic mass is 9.63. The van der Waals surface area contributed by atoms with Crippen molar-refractivity contribution in [1.29, 1.82) is 5.26 Å². The van der Waals surface area contributed by atoms with Gasteiger partial charge >= 0.3 is 0 Å². The molecule has 0 aromatic rings. The van der Waals surface area contributed by atoms with Crippen molar-refractivity contribution < 1.29 is 0 Å². The molecule has 4 rings (SSSR count). The van der Waals surface area contributed by atoms with Crippen molar-refractivity contribution >= 4 is 11.6 Å². The average molecular weight is 234 g/mol. The molecular weight excluding hydrogens is 218 g/mol. The Balaban J connectivity index is 2.04. The third-order valence-corrected chi connectivity index (χ3v) is 4.97. The first kappa shape index (κ1) is 10.4. The second-order valence-electron chi connectivity index (χ2n) is 5.26. The van der Waals surface area contributed by atoms with Crippen LogP contribution in [0.25, 0.3) is 0 Å². The molecule has 1 saturated carbocycles. The second kappa shape index (κ2) is 3.64. The van der Waals surface area contributed by atoms with Crippen molar-refractivity contribution in [3.8, 4) is 6.07 Å². The maximum atomic E-state index is 9.15. The van der Waals surface area contributed by atoms with Gasteiger partial charge in [-0.05, 0) is 43.3 Å². The van der Waals surface area contributed by atoms with Gasteiger partial charge in [-0.3, -0.25) is 0 Å². The number of hydrogen-bond acceptors (Lipinski definition) is 1. The zero-order chi connectivity index (χ0) is 11.2. The Labute approximate surface area is 102 Å². The maximum Gasteiger partial charge on any atom is 0.0877 e. The highest BCUT2D eigenvalue weighted by Gasteiger charge is 2.47. The molecule has 0 aromatic heterocycles. The Kier molecular flexibility index (Phi) is 2.37. The Morgan fingerprint density at radius 1 is 1.19 bits per heavy atom. The molecule has 0 spiro atoms. The molecule has 4 aliphatic rings. The fourth-order valence-corrected chi connectivity index (χ4v) is 3.90. The highest BCUT2D eigenvalue weighted by Crippen LogP contribution is 2.54. The van der Waals surface area contributed by atoms with Gasteiger partial charge in [-0.15, -0.1) is 11.6 Å². The van der Waals surface area contributed by atoms with Crippen LogP contribution < -0.4 is 0 Å². The van der Waals surface area contributed by atoms with Crippen molar-refractivity contribution in [2.45, 2.75) is 43.4 Å². The molecule has 84 valence electrons. The van der Waals surface area contributed by atoms with Crippen LogP contribution in [0.3, 0.4) is 0 Å². The standard InChI is InChI=1S/C14H16ClN/c15-14-8-11(9-16)10-6-12(14)4-2-1-3-5-13(14)7-10/h6-7,10-11H,1-5,8H2/t10?,11-,14?/m0/s1. The van der Waals surface area contributed by atoms with E-state index in [0.29, 0.717) is 5.92 Å². The van der Waals surface area contributed by atoms with Crippen molar-refractivity contribution in [3.05, 3.63) is 23.3 Å². The van der Waals surface area contributed by atoms with Crippen LogP contribution in [0.1, 0.15) is 38.5 Å². The van der Waals surface area contributed by atoms with Gasteiger partial charge in [-0.25, -0.2) is 0 Å². The number of rotatable bonds is 0. The van der Waals surface area contributed by atoms with Crippen molar-refractivity contribution in [1.82, 2.24) is 0 Å². The second-order valence-corrected chi connectivity index (χ2v) is 5.91. The summed E-state index contributed by atoms with van der Waals surface area (Å²) in [7, 11) is 0. The van der Waals surface area contributed by atoms with Crippen molar-refractivity contribution in [3.63, 3.8) is 0 Å². The van der Waals surface area contributed by atoms with E-state index in [-0.39, 0.29) is 10.8 Å². The smallest absolute Gasteiger partial charge is 0.0877 e. The minimum atomic E-state index is -0.282. The number of fused-ring (bicyclic) bond motifs is 1. The fourth-order valence-electron chi connectivity index (χ4n) is 3.42. The lowest BCUT2D eigenvalue weighted by Crippen LogP contribution is -2.41. The van der Waals surface area contributed by atoms with Gasteiger partial charge in [0.25, 0.3) is 0 Å². The predicted molar refractivity (Wildman–Crippen MR) is 65.0 cm³/mol. The van der Waals surface area contributed by atoms with Crippen molar-refractivity contribution in [2.24, 2.45) is 11.8 Å². The van der Waals surface area contributed by atoms with Gasteiger partial charge < -0.3 is 0 Å². The highest BCUT2D eigenvalue weighted by molar-refractivity contribution is 6.28. The van der Waals surface area contributed by atoms with E-state index in [1.54, 1.807) is 0 Å². The average Bonchev–Trinajstić information content (AvgIpc) is 2.29. The molecule has 16 heavy (non-hydrogen) atoms. The molecule has 1 fully saturated rings. The van der Waals surface area contributed by atoms with Gasteiger partial charge in [0.15, 0.2) is 0 Å². The van der Waals surface area contributed by atoms with Crippen LogP contribution in [0.15, 0.2) is 23.3 Å². The molecule has 0 N–H and O–H groups in total. The van der Waals surface area contributed by atoms with E-state index < -0.39 is 0 Å². The minimum Gasteiger partial charge on any atom is -0.198 e. The summed E-state index contributed by atoms with van der Waals surface area (Å²) in [5.74, 6) is 0.443. The fraction of sp³-hybridized carbons (Fsp3) is 0.643. The molecule has 0 aromatic carbocycles. The van der Waals surface area contributed by atoms with Crippen LogP contribution in [-0.2, 0) is 0 Å². The molecule has 0 heterocycles. The zero-order valence-electron chi connectivity index (χ0n) is 9.38. The molecule has 0 radical (unpaired) electrons. The summed E-state index contributed by atoms with van der Waals surface area (Å²) in [6, 6.07) is 2.41. The van der Waals surface area contributed by atoms with Gasteiger partial charge in [0.2, 0.25) is 0 Å². The van der Waals surface area contributed by atoms with E-state index in [1.807, 2.05) is 0 Å². The minimum absolute atomic E-state index is 0.101. The topological polar surface area (TPSA) is 23.8 Å². The van der Waals surface area contributed by atoms with Gasteiger partial charge in [0, 0.05) is 5.92 Å². The van der Waals surface area contributed by atoms with Crippen LogP contribution in [0, 0.1) is 23.2 Å². The Morgan fingerprint density at radius 3 is 2.38 bits per heavy atom. The number of alkyl halides is 1. The van der Waals surface area contributed by atoms with Crippen LogP contribution in [0.2, 0.25) is 0 Å². The summed E-state index contributed by atoms with van der Waals surface area (Å²) in [5, 5.41) is 9.15. The summed E-state index contributed by atoms with van der Waals surface area (Å²) >= 11 is 6.83. The van der Waals surface area contributed by atoms with E-state index in [2.05, 4.69) is 18.2 Å². The van der Waals surface area contributed by atoms with Crippen molar-refractivity contribution in [2.75, 3.05) is 0 Å². The van der Waals surface area contributed by atoms with E-state index >= 15 is 0 Å². The lowest BCUT2D eigenvalue weighted by Gasteiger charge is -2.46. The Bertz CT molecular complexity index is 389. The summed E-state index contributed by atoms with van der Waals surface area (Å²) in [4.78, 5) is -0.282. The van der Waals surface area contributed by atoms with Gasteiger partial charge in [0.05, 0.1) is 16.9 Å². The summed E-state index contributed by atoms with van der Waals surface area (Å²) in [5.41, 5.74) is 2.81. The van der Waals surface area contributed by atoms with Gasteiger partial charge in [-0.2, -0.15) is 5.26 Å². The molecule has 1 atom stereocenters. The number of halogens is 1. The third-order valence-electron chi connectivity index (χ3n) is 4.33. The summed E-state index contributed by atoms with van der Waals surface area (Å²) in [6.07, 6.45) is 11.5. The number of hydrogen-bond donors (Lipinski definition) is 0. The first-order valence-electron chi connectivity index (χ1n) is 6.25. The zero-order valence-corrected chi connectivity index (χ0v) is 10.1. The lowest BCUT2D eigenvalue weighted by molar-refractivity contribution is 0.388. The quantitative estimate of drug-likeness (QED) is 0.459. The van der Waals surface area contributed by atoms with Crippen LogP contribution >= 0.6 is 11.6 Å². The maximum absolute atomic E-state index is 9.15. The highest BCUT2D eigenvalue weighted by atomic mass is 35.5. The third kappa shape index (κ3) is 1.36. The normalized spacial score (nSPS) is 41.5. The molecule has 4 aliphatic carbocycles. The molecule has 0 amide bonds. The van der Waals surface area contributed by atoms with Crippen LogP contribution in [0.5, 0.6) is 0 Å². The van der Waals surface area contributed by atoms with E-state index in [9.17, 15) is 0 Å². The van der Waals surface area contributed by atoms with E-state index in [1.165, 1.54) is 30.4 Å².